The number of hydrogen-bond acceptors (Lipinski definition) is 3. The second-order valence-corrected chi connectivity index (χ2v) is 4.22. The van der Waals surface area contributed by atoms with Crippen molar-refractivity contribution in [2.45, 2.75) is 19.3 Å². The first-order chi connectivity index (χ1) is 9.07. The number of halogens is 1. The van der Waals surface area contributed by atoms with Crippen LogP contribution in [0.2, 0.25) is 5.02 Å². The summed E-state index contributed by atoms with van der Waals surface area (Å²) in [5, 5.41) is 13.4. The normalized spacial score (nSPS) is 9.68. The molecule has 1 amide bonds. The van der Waals surface area contributed by atoms with Gasteiger partial charge in [-0.05, 0) is 25.0 Å². The van der Waals surface area contributed by atoms with E-state index in [-0.39, 0.29) is 16.3 Å². The Morgan fingerprint density at radius 3 is 2.84 bits per heavy atom. The Kier molecular flexibility index (Phi) is 5.83. The van der Waals surface area contributed by atoms with Gasteiger partial charge in [0.05, 0.1) is 4.92 Å². The van der Waals surface area contributed by atoms with E-state index in [0.717, 1.165) is 12.8 Å². The molecule has 100 valence electrons. The Bertz CT molecular complexity index is 523. The Hall–Kier alpha value is -2.06. The van der Waals surface area contributed by atoms with Crippen LogP contribution in [0.4, 0.5) is 5.69 Å². The zero-order chi connectivity index (χ0) is 14.3. The molecule has 6 heteroatoms. The van der Waals surface area contributed by atoms with Crippen molar-refractivity contribution in [3.8, 4) is 12.3 Å². The highest BCUT2D eigenvalue weighted by Crippen LogP contribution is 2.27. The highest BCUT2D eigenvalue weighted by molar-refractivity contribution is 6.33. The van der Waals surface area contributed by atoms with Crippen LogP contribution < -0.4 is 5.32 Å². The van der Waals surface area contributed by atoms with Gasteiger partial charge < -0.3 is 5.32 Å². The first-order valence-electron chi connectivity index (χ1n) is 5.72. The van der Waals surface area contributed by atoms with Crippen LogP contribution in [0, 0.1) is 22.5 Å². The Morgan fingerprint density at radius 2 is 2.21 bits per heavy atom. The quantitative estimate of drug-likeness (QED) is 0.377. The minimum Gasteiger partial charge on any atom is -0.352 e. The highest BCUT2D eigenvalue weighted by atomic mass is 35.5. The maximum absolute atomic E-state index is 11.8. The second kappa shape index (κ2) is 7.39. The summed E-state index contributed by atoms with van der Waals surface area (Å²) in [4.78, 5) is 22.1. The minimum atomic E-state index is -0.657. The lowest BCUT2D eigenvalue weighted by Gasteiger charge is -2.06. The first-order valence-corrected chi connectivity index (χ1v) is 6.10. The number of terminal acetylenes is 1. The van der Waals surface area contributed by atoms with Gasteiger partial charge in [-0.25, -0.2) is 0 Å². The molecular formula is C13H13ClN2O3. The van der Waals surface area contributed by atoms with Gasteiger partial charge in [0, 0.05) is 13.0 Å². The number of unbranched alkanes of at least 4 members (excludes halogenated alkanes) is 2. The van der Waals surface area contributed by atoms with Gasteiger partial charge in [-0.2, -0.15) is 0 Å². The Labute approximate surface area is 116 Å². The fourth-order valence-corrected chi connectivity index (χ4v) is 1.78. The molecule has 0 saturated heterocycles. The first kappa shape index (κ1) is 15.0. The third-order valence-electron chi connectivity index (χ3n) is 2.45. The molecule has 19 heavy (non-hydrogen) atoms. The summed E-state index contributed by atoms with van der Waals surface area (Å²) in [6, 6.07) is 4.26. The molecule has 0 aliphatic heterocycles. The van der Waals surface area contributed by atoms with Gasteiger partial charge in [0.1, 0.15) is 10.6 Å². The molecule has 1 N–H and O–H groups in total. The predicted octanol–water partition coefficient (Wildman–Crippen LogP) is 2.78. The predicted molar refractivity (Wildman–Crippen MR) is 73.1 cm³/mol. The van der Waals surface area contributed by atoms with Crippen LogP contribution >= 0.6 is 11.6 Å². The van der Waals surface area contributed by atoms with Crippen LogP contribution in [0.5, 0.6) is 0 Å². The number of nitro benzene ring substituents is 1. The summed E-state index contributed by atoms with van der Waals surface area (Å²) < 4.78 is 0. The van der Waals surface area contributed by atoms with E-state index < -0.39 is 10.8 Å². The summed E-state index contributed by atoms with van der Waals surface area (Å²) in [7, 11) is 0. The topological polar surface area (TPSA) is 72.2 Å². The molecule has 0 fully saturated rings. The van der Waals surface area contributed by atoms with Gasteiger partial charge in [0.25, 0.3) is 5.91 Å². The van der Waals surface area contributed by atoms with E-state index in [1.165, 1.54) is 18.2 Å². The lowest BCUT2D eigenvalue weighted by Crippen LogP contribution is -2.25. The summed E-state index contributed by atoms with van der Waals surface area (Å²) in [5.74, 6) is 1.99. The average molecular weight is 281 g/mol. The number of nitrogens with zero attached hydrogens (tertiary/aromatic N) is 1. The van der Waals surface area contributed by atoms with Gasteiger partial charge in [0.2, 0.25) is 0 Å². The Balaban J connectivity index is 2.70. The van der Waals surface area contributed by atoms with E-state index in [1.54, 1.807) is 0 Å². The van der Waals surface area contributed by atoms with Crippen LogP contribution in [0.1, 0.15) is 29.6 Å². The number of rotatable bonds is 6. The van der Waals surface area contributed by atoms with E-state index in [4.69, 9.17) is 18.0 Å². The van der Waals surface area contributed by atoms with Crippen molar-refractivity contribution in [1.82, 2.24) is 5.32 Å². The smallest absolute Gasteiger partial charge is 0.300 e. The molecule has 0 bridgehead atoms. The van der Waals surface area contributed by atoms with Crippen molar-refractivity contribution in [2.75, 3.05) is 6.54 Å². The molecule has 0 aromatic heterocycles. The fourth-order valence-electron chi connectivity index (χ4n) is 1.53. The fraction of sp³-hybridized carbons (Fsp3) is 0.308. The largest absolute Gasteiger partial charge is 0.352 e. The molecule has 0 aliphatic carbocycles. The number of benzene rings is 1. The van der Waals surface area contributed by atoms with E-state index in [0.29, 0.717) is 13.0 Å². The van der Waals surface area contributed by atoms with Gasteiger partial charge in [-0.3, -0.25) is 14.9 Å². The average Bonchev–Trinajstić information content (AvgIpc) is 2.37. The zero-order valence-electron chi connectivity index (χ0n) is 10.2. The molecule has 0 unspecified atom stereocenters. The maximum atomic E-state index is 11.8. The molecule has 0 saturated carbocycles. The van der Waals surface area contributed by atoms with Gasteiger partial charge >= 0.3 is 5.69 Å². The molecule has 0 aliphatic rings. The second-order valence-electron chi connectivity index (χ2n) is 3.81. The third-order valence-corrected chi connectivity index (χ3v) is 2.75. The molecule has 5 nitrogen and oxygen atoms in total. The summed E-state index contributed by atoms with van der Waals surface area (Å²) in [6.07, 6.45) is 7.28. The molecule has 1 aromatic carbocycles. The monoisotopic (exact) mass is 280 g/mol. The molecule has 1 aromatic rings. The van der Waals surface area contributed by atoms with Gasteiger partial charge in [-0.1, -0.05) is 17.7 Å². The number of nitro groups is 1. The van der Waals surface area contributed by atoms with Gasteiger partial charge in [-0.15, -0.1) is 12.3 Å². The van der Waals surface area contributed by atoms with Crippen molar-refractivity contribution in [3.05, 3.63) is 38.9 Å². The van der Waals surface area contributed by atoms with Crippen LogP contribution in [-0.4, -0.2) is 17.4 Å². The molecule has 0 atom stereocenters. The highest BCUT2D eigenvalue weighted by Gasteiger charge is 2.23. The minimum absolute atomic E-state index is 0.0329. The van der Waals surface area contributed by atoms with E-state index in [9.17, 15) is 14.9 Å². The van der Waals surface area contributed by atoms with Crippen LogP contribution in [0.15, 0.2) is 18.2 Å². The number of carbonyl (C=O) groups is 1. The SMILES string of the molecule is C#CCCCCNC(=O)c1cccc(Cl)c1[N+](=O)[O-]. The molecule has 0 spiro atoms. The van der Waals surface area contributed by atoms with Crippen LogP contribution in [-0.2, 0) is 0 Å². The maximum Gasteiger partial charge on any atom is 0.300 e. The number of nitrogens with one attached hydrogen (secondary N) is 1. The zero-order valence-corrected chi connectivity index (χ0v) is 10.9. The Morgan fingerprint density at radius 1 is 1.47 bits per heavy atom. The van der Waals surface area contributed by atoms with Crippen molar-refractivity contribution in [2.24, 2.45) is 0 Å². The molecular weight excluding hydrogens is 268 g/mol. The number of hydrogen-bond donors (Lipinski definition) is 1. The summed E-state index contributed by atoms with van der Waals surface area (Å²) >= 11 is 5.73. The van der Waals surface area contributed by atoms with Crippen LogP contribution in [0.25, 0.3) is 0 Å². The molecule has 0 radical (unpaired) electrons. The lowest BCUT2D eigenvalue weighted by atomic mass is 10.1. The summed E-state index contributed by atoms with van der Waals surface area (Å²) in [6.45, 7) is 0.421. The number of para-hydroxylation sites is 1. The molecule has 0 heterocycles. The van der Waals surface area contributed by atoms with Crippen LogP contribution in [0.3, 0.4) is 0 Å². The van der Waals surface area contributed by atoms with E-state index in [2.05, 4.69) is 11.2 Å². The van der Waals surface area contributed by atoms with Crippen molar-refractivity contribution >= 4 is 23.2 Å². The van der Waals surface area contributed by atoms with Crippen molar-refractivity contribution in [1.29, 1.82) is 0 Å². The summed E-state index contributed by atoms with van der Waals surface area (Å²) in [5.41, 5.74) is -0.403. The van der Waals surface area contributed by atoms with E-state index >= 15 is 0 Å². The van der Waals surface area contributed by atoms with Crippen molar-refractivity contribution in [3.63, 3.8) is 0 Å². The van der Waals surface area contributed by atoms with Crippen molar-refractivity contribution < 1.29 is 9.72 Å². The molecule has 1 rings (SSSR count). The standard InChI is InChI=1S/C13H13ClN2O3/c1-2-3-4-5-9-15-13(17)10-7-6-8-11(14)12(10)16(18)19/h1,6-8H,3-5,9H2,(H,15,17). The lowest BCUT2D eigenvalue weighted by molar-refractivity contribution is -0.385. The van der Waals surface area contributed by atoms with Gasteiger partial charge in [0.15, 0.2) is 0 Å². The number of carbonyl (C=O) groups excluding carboxylic acids is 1. The van der Waals surface area contributed by atoms with E-state index in [1.807, 2.05) is 0 Å². The third kappa shape index (κ3) is 4.27. The number of amides is 1.